The monoisotopic (exact) mass is 359 g/mol. The summed E-state index contributed by atoms with van der Waals surface area (Å²) in [4.78, 5) is 33.3. The molecule has 0 unspecified atom stereocenters. The summed E-state index contributed by atoms with van der Waals surface area (Å²) in [5.74, 6) is 0.0724. The number of hydrogen-bond acceptors (Lipinski definition) is 7. The van der Waals surface area contributed by atoms with E-state index in [0.29, 0.717) is 22.6 Å². The van der Waals surface area contributed by atoms with Crippen molar-refractivity contribution in [3.05, 3.63) is 63.7 Å². The molecule has 0 amide bonds. The molecule has 0 fully saturated rings. The highest BCUT2D eigenvalue weighted by molar-refractivity contribution is 5.94. The van der Waals surface area contributed by atoms with Gasteiger partial charge in [-0.2, -0.15) is 0 Å². The van der Waals surface area contributed by atoms with Gasteiger partial charge in [0.15, 0.2) is 12.4 Å². The lowest BCUT2D eigenvalue weighted by Crippen LogP contribution is -2.15. The summed E-state index contributed by atoms with van der Waals surface area (Å²) in [5.41, 5.74) is 0.972. The average molecular weight is 359 g/mol. The summed E-state index contributed by atoms with van der Waals surface area (Å²) >= 11 is 0. The Morgan fingerprint density at radius 3 is 2.38 bits per heavy atom. The van der Waals surface area contributed by atoms with Crippen molar-refractivity contribution < 1.29 is 28.7 Å². The summed E-state index contributed by atoms with van der Waals surface area (Å²) in [5, 5.41) is 10.6. The molecule has 26 heavy (non-hydrogen) atoms. The van der Waals surface area contributed by atoms with E-state index in [1.165, 1.54) is 38.3 Å². The van der Waals surface area contributed by atoms with Crippen LogP contribution in [0.5, 0.6) is 11.5 Å². The molecule has 0 aliphatic carbocycles. The Morgan fingerprint density at radius 2 is 1.81 bits per heavy atom. The van der Waals surface area contributed by atoms with E-state index in [4.69, 9.17) is 14.2 Å². The number of ether oxygens (including phenoxy) is 3. The Labute approximate surface area is 149 Å². The van der Waals surface area contributed by atoms with Crippen LogP contribution in [0.2, 0.25) is 0 Å². The number of carbonyl (C=O) groups is 2. The number of ketones is 1. The van der Waals surface area contributed by atoms with Crippen molar-refractivity contribution >= 4 is 17.4 Å². The van der Waals surface area contributed by atoms with Crippen LogP contribution in [0, 0.1) is 10.1 Å². The zero-order valence-electron chi connectivity index (χ0n) is 14.3. The van der Waals surface area contributed by atoms with Crippen molar-refractivity contribution in [3.63, 3.8) is 0 Å². The van der Waals surface area contributed by atoms with Gasteiger partial charge < -0.3 is 14.2 Å². The van der Waals surface area contributed by atoms with E-state index in [-0.39, 0.29) is 24.7 Å². The van der Waals surface area contributed by atoms with E-state index in [0.717, 1.165) is 0 Å². The molecular weight excluding hydrogens is 342 g/mol. The Morgan fingerprint density at radius 1 is 1.12 bits per heavy atom. The summed E-state index contributed by atoms with van der Waals surface area (Å²) in [7, 11) is 1.48. The van der Waals surface area contributed by atoms with E-state index in [2.05, 4.69) is 0 Å². The number of nitrogens with zero attached hydrogens (tertiary/aromatic N) is 1. The third-order valence-electron chi connectivity index (χ3n) is 3.48. The number of hydrogen-bond donors (Lipinski definition) is 0. The molecule has 0 spiro atoms. The minimum atomic E-state index is -0.626. The SMILES string of the molecule is COc1ccc(C(C)=O)cc1COC(=O)COc1ccc([N+](=O)[O-])cc1. The molecule has 0 aliphatic rings. The van der Waals surface area contributed by atoms with Gasteiger partial charge in [0.1, 0.15) is 18.1 Å². The Balaban J connectivity index is 1.91. The highest BCUT2D eigenvalue weighted by Crippen LogP contribution is 2.21. The maximum absolute atomic E-state index is 11.8. The van der Waals surface area contributed by atoms with Gasteiger partial charge in [0.05, 0.1) is 12.0 Å². The third kappa shape index (κ3) is 5.04. The van der Waals surface area contributed by atoms with Crippen LogP contribution in [0.3, 0.4) is 0 Å². The Kier molecular flexibility index (Phi) is 6.26. The lowest BCUT2D eigenvalue weighted by molar-refractivity contribution is -0.384. The normalized spacial score (nSPS) is 10.1. The van der Waals surface area contributed by atoms with Crippen molar-refractivity contribution in [2.75, 3.05) is 13.7 Å². The fourth-order valence-electron chi connectivity index (χ4n) is 2.12. The van der Waals surface area contributed by atoms with Gasteiger partial charge in [-0.05, 0) is 37.3 Å². The summed E-state index contributed by atoms with van der Waals surface area (Å²) in [6.07, 6.45) is 0. The molecule has 0 aromatic heterocycles. The molecule has 0 aliphatic heterocycles. The van der Waals surface area contributed by atoms with Crippen molar-refractivity contribution in [2.24, 2.45) is 0 Å². The van der Waals surface area contributed by atoms with Crippen LogP contribution in [-0.4, -0.2) is 30.4 Å². The van der Waals surface area contributed by atoms with Gasteiger partial charge in [-0.3, -0.25) is 14.9 Å². The van der Waals surface area contributed by atoms with Crippen LogP contribution in [0.25, 0.3) is 0 Å². The number of nitro benzene ring substituents is 1. The predicted octanol–water partition coefficient (Wildman–Crippen LogP) is 2.93. The fourth-order valence-corrected chi connectivity index (χ4v) is 2.12. The summed E-state index contributed by atoms with van der Waals surface area (Å²) in [6, 6.07) is 10.2. The minimum absolute atomic E-state index is 0.0719. The van der Waals surface area contributed by atoms with Crippen molar-refractivity contribution in [1.82, 2.24) is 0 Å². The molecule has 2 rings (SSSR count). The molecule has 0 heterocycles. The second kappa shape index (κ2) is 8.61. The van der Waals surface area contributed by atoms with Gasteiger partial charge in [-0.15, -0.1) is 0 Å². The van der Waals surface area contributed by atoms with Crippen molar-refractivity contribution in [2.45, 2.75) is 13.5 Å². The van der Waals surface area contributed by atoms with E-state index in [1.807, 2.05) is 0 Å². The minimum Gasteiger partial charge on any atom is -0.496 e. The molecule has 8 nitrogen and oxygen atoms in total. The first-order valence-corrected chi connectivity index (χ1v) is 7.61. The van der Waals surface area contributed by atoms with Crippen LogP contribution in [0.1, 0.15) is 22.8 Å². The molecular formula is C18H17NO7. The van der Waals surface area contributed by atoms with E-state index >= 15 is 0 Å². The Bertz CT molecular complexity index is 815. The highest BCUT2D eigenvalue weighted by atomic mass is 16.6. The van der Waals surface area contributed by atoms with Crippen molar-refractivity contribution in [1.29, 1.82) is 0 Å². The van der Waals surface area contributed by atoms with Crippen LogP contribution in [0.4, 0.5) is 5.69 Å². The molecule has 2 aromatic rings. The molecule has 0 saturated carbocycles. The lowest BCUT2D eigenvalue weighted by atomic mass is 10.1. The number of esters is 1. The summed E-state index contributed by atoms with van der Waals surface area (Å²) < 4.78 is 15.5. The second-order valence-corrected chi connectivity index (χ2v) is 5.28. The molecule has 0 radical (unpaired) electrons. The lowest BCUT2D eigenvalue weighted by Gasteiger charge is -2.11. The zero-order valence-corrected chi connectivity index (χ0v) is 14.3. The number of non-ortho nitro benzene ring substituents is 1. The van der Waals surface area contributed by atoms with Gasteiger partial charge in [-0.1, -0.05) is 0 Å². The number of rotatable bonds is 8. The molecule has 0 bridgehead atoms. The van der Waals surface area contributed by atoms with Crippen LogP contribution < -0.4 is 9.47 Å². The van der Waals surface area contributed by atoms with Gasteiger partial charge in [0.25, 0.3) is 5.69 Å². The average Bonchev–Trinajstić information content (AvgIpc) is 2.64. The standard InChI is InChI=1S/C18H17NO7/c1-12(20)13-3-8-17(24-2)14(9-13)10-26-18(21)11-25-16-6-4-15(5-7-16)19(22)23/h3-9H,10-11H2,1-2H3. The molecule has 0 atom stereocenters. The van der Waals surface area contributed by atoms with Gasteiger partial charge in [-0.25, -0.2) is 4.79 Å². The van der Waals surface area contributed by atoms with Gasteiger partial charge >= 0.3 is 5.97 Å². The van der Waals surface area contributed by atoms with Gasteiger partial charge in [0.2, 0.25) is 0 Å². The number of carbonyl (C=O) groups excluding carboxylic acids is 2. The number of nitro groups is 1. The first-order chi connectivity index (χ1) is 12.4. The quantitative estimate of drug-likeness (QED) is 0.309. The molecule has 2 aromatic carbocycles. The first-order valence-electron chi connectivity index (χ1n) is 7.61. The number of benzene rings is 2. The van der Waals surface area contributed by atoms with E-state index < -0.39 is 10.9 Å². The van der Waals surface area contributed by atoms with Crippen LogP contribution >= 0.6 is 0 Å². The van der Waals surface area contributed by atoms with Crippen molar-refractivity contribution in [3.8, 4) is 11.5 Å². The van der Waals surface area contributed by atoms with E-state index in [9.17, 15) is 19.7 Å². The topological polar surface area (TPSA) is 105 Å². The molecule has 0 saturated heterocycles. The molecule has 0 N–H and O–H groups in total. The predicted molar refractivity (Wildman–Crippen MR) is 91.4 cm³/mol. The summed E-state index contributed by atoms with van der Waals surface area (Å²) in [6.45, 7) is 1.01. The second-order valence-electron chi connectivity index (χ2n) is 5.28. The number of methoxy groups -OCH3 is 1. The van der Waals surface area contributed by atoms with Crippen LogP contribution in [0.15, 0.2) is 42.5 Å². The fraction of sp³-hybridized carbons (Fsp3) is 0.222. The van der Waals surface area contributed by atoms with E-state index in [1.54, 1.807) is 18.2 Å². The highest BCUT2D eigenvalue weighted by Gasteiger charge is 2.11. The molecule has 8 heteroatoms. The van der Waals surface area contributed by atoms with Gasteiger partial charge in [0, 0.05) is 23.3 Å². The largest absolute Gasteiger partial charge is 0.496 e. The smallest absolute Gasteiger partial charge is 0.344 e. The third-order valence-corrected chi connectivity index (χ3v) is 3.48. The van der Waals surface area contributed by atoms with Crippen LogP contribution in [-0.2, 0) is 16.1 Å². The number of Topliss-reactive ketones (excluding diaryl/α,β-unsaturated/α-hetero) is 1. The zero-order chi connectivity index (χ0) is 19.1. The molecule has 136 valence electrons. The Hall–Kier alpha value is -3.42. The maximum Gasteiger partial charge on any atom is 0.344 e. The maximum atomic E-state index is 11.8. The first kappa shape index (κ1) is 18.9.